The minimum absolute atomic E-state index is 0.0494. The summed E-state index contributed by atoms with van der Waals surface area (Å²) in [7, 11) is 1.96. The summed E-state index contributed by atoms with van der Waals surface area (Å²) in [6.07, 6.45) is 3.86. The lowest BCUT2D eigenvalue weighted by Crippen LogP contribution is -2.58. The number of benzene rings is 2. The van der Waals surface area contributed by atoms with Crippen molar-refractivity contribution in [1.82, 2.24) is 0 Å². The molecule has 0 N–H and O–H groups in total. The molecule has 0 bridgehead atoms. The van der Waals surface area contributed by atoms with Crippen LogP contribution in [0.15, 0.2) is 42.5 Å². The number of nitro groups is 1. The first-order chi connectivity index (χ1) is 11.8. The standard InChI is InChI=1S/C19H17ClN2O3/c1-18(2)14-5-4-6-15(20)17(14)21(3)19(18)10-9-12-11-13(22(23)24)7-8-16(12)25-19/h4-11H,1-3H3. The summed E-state index contributed by atoms with van der Waals surface area (Å²) >= 11 is 6.45. The van der Waals surface area contributed by atoms with Crippen LogP contribution in [0.1, 0.15) is 25.0 Å². The van der Waals surface area contributed by atoms with Crippen LogP contribution in [-0.2, 0) is 5.41 Å². The zero-order valence-electron chi connectivity index (χ0n) is 14.1. The van der Waals surface area contributed by atoms with Gasteiger partial charge >= 0.3 is 0 Å². The van der Waals surface area contributed by atoms with Crippen molar-refractivity contribution < 1.29 is 9.66 Å². The van der Waals surface area contributed by atoms with Crippen molar-refractivity contribution in [3.05, 3.63) is 68.7 Å². The first-order valence-electron chi connectivity index (χ1n) is 7.97. The second-order valence-electron chi connectivity index (χ2n) is 6.93. The van der Waals surface area contributed by atoms with E-state index in [-0.39, 0.29) is 11.1 Å². The predicted molar refractivity (Wildman–Crippen MR) is 98.4 cm³/mol. The van der Waals surface area contributed by atoms with Gasteiger partial charge in [-0.3, -0.25) is 10.1 Å². The predicted octanol–water partition coefficient (Wildman–Crippen LogP) is 4.78. The fraction of sp³-hybridized carbons (Fsp3) is 0.263. The second-order valence-corrected chi connectivity index (χ2v) is 7.34. The van der Waals surface area contributed by atoms with Gasteiger partial charge in [0.2, 0.25) is 5.72 Å². The molecule has 0 radical (unpaired) electrons. The molecule has 5 nitrogen and oxygen atoms in total. The quantitative estimate of drug-likeness (QED) is 0.545. The molecule has 128 valence electrons. The third-order valence-electron chi connectivity index (χ3n) is 5.35. The number of fused-ring (bicyclic) bond motifs is 2. The van der Waals surface area contributed by atoms with Crippen molar-refractivity contribution >= 4 is 29.1 Å². The summed E-state index contributed by atoms with van der Waals surface area (Å²) in [6, 6.07) is 10.5. The molecule has 0 saturated heterocycles. The monoisotopic (exact) mass is 356 g/mol. The number of likely N-dealkylation sites (N-methyl/N-ethyl adjacent to an activating group) is 1. The van der Waals surface area contributed by atoms with Gasteiger partial charge in [0.1, 0.15) is 5.75 Å². The fourth-order valence-corrected chi connectivity index (χ4v) is 4.23. The average molecular weight is 357 g/mol. The van der Waals surface area contributed by atoms with Gasteiger partial charge in [-0.15, -0.1) is 0 Å². The molecule has 0 fully saturated rings. The maximum Gasteiger partial charge on any atom is 0.270 e. The van der Waals surface area contributed by atoms with E-state index < -0.39 is 10.6 Å². The van der Waals surface area contributed by atoms with E-state index >= 15 is 0 Å². The van der Waals surface area contributed by atoms with Crippen LogP contribution in [0, 0.1) is 10.1 Å². The number of anilines is 1. The molecule has 2 aromatic rings. The van der Waals surface area contributed by atoms with Gasteiger partial charge < -0.3 is 9.64 Å². The van der Waals surface area contributed by atoms with E-state index in [1.807, 2.05) is 36.2 Å². The van der Waals surface area contributed by atoms with E-state index in [0.717, 1.165) is 11.3 Å². The molecule has 4 rings (SSSR count). The fourth-order valence-electron chi connectivity index (χ4n) is 3.93. The molecule has 0 amide bonds. The summed E-state index contributed by atoms with van der Waals surface area (Å²) in [5.74, 6) is 0.622. The zero-order chi connectivity index (χ0) is 18.0. The Bertz CT molecular complexity index is 938. The Morgan fingerprint density at radius 3 is 2.68 bits per heavy atom. The Labute approximate surface area is 150 Å². The van der Waals surface area contributed by atoms with E-state index in [1.54, 1.807) is 6.07 Å². The number of para-hydroxylation sites is 1. The van der Waals surface area contributed by atoms with Gasteiger partial charge in [0.15, 0.2) is 0 Å². The van der Waals surface area contributed by atoms with Crippen LogP contribution in [0.4, 0.5) is 11.4 Å². The van der Waals surface area contributed by atoms with E-state index in [1.165, 1.54) is 12.1 Å². The number of hydrogen-bond donors (Lipinski definition) is 0. The van der Waals surface area contributed by atoms with Crippen LogP contribution in [-0.4, -0.2) is 17.7 Å². The number of nitrogens with zero attached hydrogens (tertiary/aromatic N) is 2. The molecule has 2 aromatic carbocycles. The molecule has 1 atom stereocenters. The number of non-ortho nitro benzene ring substituents is 1. The maximum atomic E-state index is 11.0. The van der Waals surface area contributed by atoms with Crippen LogP contribution >= 0.6 is 11.6 Å². The molecular formula is C19H17ClN2O3. The van der Waals surface area contributed by atoms with Gasteiger partial charge in [-0.1, -0.05) is 23.7 Å². The number of ether oxygens (including phenoxy) is 1. The SMILES string of the molecule is CN1c2c(Cl)cccc2C(C)(C)C12C=Cc1cc([N+](=O)[O-])ccc1O2. The topological polar surface area (TPSA) is 55.6 Å². The van der Waals surface area contributed by atoms with Gasteiger partial charge in [-0.25, -0.2) is 0 Å². The van der Waals surface area contributed by atoms with Gasteiger partial charge in [-0.05, 0) is 43.7 Å². The molecule has 25 heavy (non-hydrogen) atoms. The average Bonchev–Trinajstić information content (AvgIpc) is 2.74. The number of halogens is 1. The van der Waals surface area contributed by atoms with Gasteiger partial charge in [0, 0.05) is 24.7 Å². The molecule has 2 aliphatic rings. The normalized spacial score (nSPS) is 22.5. The lowest BCUT2D eigenvalue weighted by atomic mass is 9.76. The van der Waals surface area contributed by atoms with Crippen molar-refractivity contribution in [2.75, 3.05) is 11.9 Å². The van der Waals surface area contributed by atoms with Crippen LogP contribution in [0.2, 0.25) is 5.02 Å². The Morgan fingerprint density at radius 2 is 2.00 bits per heavy atom. The van der Waals surface area contributed by atoms with Crippen molar-refractivity contribution in [1.29, 1.82) is 0 Å². The Hall–Kier alpha value is -2.53. The van der Waals surface area contributed by atoms with E-state index in [2.05, 4.69) is 19.9 Å². The Balaban J connectivity index is 1.86. The number of rotatable bonds is 1. The Kier molecular flexibility index (Phi) is 3.19. The summed E-state index contributed by atoms with van der Waals surface area (Å²) < 4.78 is 6.44. The van der Waals surface area contributed by atoms with Gasteiger partial charge in [-0.2, -0.15) is 0 Å². The van der Waals surface area contributed by atoms with Crippen molar-refractivity contribution in [2.45, 2.75) is 25.0 Å². The summed E-state index contributed by atoms with van der Waals surface area (Å²) in [5.41, 5.74) is 1.70. The molecule has 1 spiro atoms. The second kappa shape index (κ2) is 4.99. The highest BCUT2D eigenvalue weighted by atomic mass is 35.5. The summed E-state index contributed by atoms with van der Waals surface area (Å²) in [5, 5.41) is 11.7. The number of nitro benzene ring substituents is 1. The highest BCUT2D eigenvalue weighted by Crippen LogP contribution is 2.56. The van der Waals surface area contributed by atoms with Crippen LogP contribution in [0.3, 0.4) is 0 Å². The van der Waals surface area contributed by atoms with Crippen molar-refractivity contribution in [3.63, 3.8) is 0 Å². The van der Waals surface area contributed by atoms with E-state index in [9.17, 15) is 10.1 Å². The highest BCUT2D eigenvalue weighted by Gasteiger charge is 2.58. The first kappa shape index (κ1) is 16.0. The molecule has 0 aromatic heterocycles. The Morgan fingerprint density at radius 1 is 1.24 bits per heavy atom. The lowest BCUT2D eigenvalue weighted by Gasteiger charge is -2.45. The summed E-state index contributed by atoms with van der Waals surface area (Å²) in [4.78, 5) is 12.6. The highest BCUT2D eigenvalue weighted by molar-refractivity contribution is 6.33. The largest absolute Gasteiger partial charge is 0.463 e. The molecule has 1 unspecified atom stereocenters. The van der Waals surface area contributed by atoms with Crippen LogP contribution < -0.4 is 9.64 Å². The smallest absolute Gasteiger partial charge is 0.270 e. The minimum atomic E-state index is -0.747. The van der Waals surface area contributed by atoms with E-state index in [0.29, 0.717) is 16.3 Å². The lowest BCUT2D eigenvalue weighted by molar-refractivity contribution is -0.384. The third kappa shape index (κ3) is 1.96. The molecule has 6 heteroatoms. The van der Waals surface area contributed by atoms with Crippen LogP contribution in [0.5, 0.6) is 5.75 Å². The van der Waals surface area contributed by atoms with Crippen molar-refractivity contribution in [2.24, 2.45) is 0 Å². The van der Waals surface area contributed by atoms with E-state index in [4.69, 9.17) is 16.3 Å². The van der Waals surface area contributed by atoms with Crippen molar-refractivity contribution in [3.8, 4) is 5.75 Å². The molecule has 0 saturated carbocycles. The molecule has 2 heterocycles. The number of hydrogen-bond acceptors (Lipinski definition) is 4. The summed E-state index contributed by atoms with van der Waals surface area (Å²) in [6.45, 7) is 4.23. The molecular weight excluding hydrogens is 340 g/mol. The minimum Gasteiger partial charge on any atom is -0.463 e. The maximum absolute atomic E-state index is 11.0. The molecule has 2 aliphatic heterocycles. The first-order valence-corrected chi connectivity index (χ1v) is 8.35. The third-order valence-corrected chi connectivity index (χ3v) is 5.65. The molecule has 0 aliphatic carbocycles. The zero-order valence-corrected chi connectivity index (χ0v) is 14.9. The van der Waals surface area contributed by atoms with Crippen LogP contribution in [0.25, 0.3) is 6.08 Å². The van der Waals surface area contributed by atoms with Gasteiger partial charge in [0.25, 0.3) is 5.69 Å². The van der Waals surface area contributed by atoms with Gasteiger partial charge in [0.05, 0.1) is 21.0 Å².